The molecule has 0 spiro atoms. The highest BCUT2D eigenvalue weighted by Gasteiger charge is 2.33. The Balaban J connectivity index is 1.45. The van der Waals surface area contributed by atoms with Crippen LogP contribution >= 0.6 is 34.7 Å². The molecule has 2 aromatic carbocycles. The van der Waals surface area contributed by atoms with Crippen LogP contribution in [0.3, 0.4) is 0 Å². The molecule has 0 unspecified atom stereocenters. The number of amides is 2. The molecule has 5 nitrogen and oxygen atoms in total. The fourth-order valence-electron chi connectivity index (χ4n) is 4.03. The Morgan fingerprint density at radius 1 is 1.09 bits per heavy atom. The van der Waals surface area contributed by atoms with Gasteiger partial charge in [0.1, 0.15) is 15.7 Å². The fourth-order valence-corrected chi connectivity index (χ4v) is 6.55. The molecule has 8 heteroatoms. The number of imide groups is 1. The first-order valence-corrected chi connectivity index (χ1v) is 13.2. The molecule has 0 aliphatic carbocycles. The summed E-state index contributed by atoms with van der Waals surface area (Å²) in [6, 6.07) is 19.0. The maximum absolute atomic E-state index is 13.5. The predicted octanol–water partition coefficient (Wildman–Crippen LogP) is 6.63. The third kappa shape index (κ3) is 4.73. The minimum absolute atomic E-state index is 0.162. The Kier molecular flexibility index (Phi) is 6.68. The van der Waals surface area contributed by atoms with E-state index < -0.39 is 0 Å². The van der Waals surface area contributed by atoms with Crippen molar-refractivity contribution in [1.29, 1.82) is 0 Å². The molecular formula is C26H22ClN3O2S2. The molecule has 1 atom stereocenters. The van der Waals surface area contributed by atoms with E-state index in [9.17, 15) is 9.59 Å². The zero-order chi connectivity index (χ0) is 23.7. The normalized spacial score (nSPS) is 16.6. The van der Waals surface area contributed by atoms with Crippen molar-refractivity contribution in [3.05, 3.63) is 77.1 Å². The molecular weight excluding hydrogens is 486 g/mol. The predicted molar refractivity (Wildman–Crippen MR) is 139 cm³/mol. The van der Waals surface area contributed by atoms with Crippen LogP contribution in [-0.2, 0) is 4.79 Å². The summed E-state index contributed by atoms with van der Waals surface area (Å²) < 4.78 is 0. The lowest BCUT2D eigenvalue weighted by atomic mass is 10.2. The second kappa shape index (κ2) is 9.86. The molecule has 2 amide bonds. The van der Waals surface area contributed by atoms with Crippen molar-refractivity contribution in [2.24, 2.45) is 0 Å². The van der Waals surface area contributed by atoms with Crippen molar-refractivity contribution >= 4 is 56.7 Å². The van der Waals surface area contributed by atoms with Gasteiger partial charge in [-0.25, -0.2) is 9.97 Å². The first-order valence-electron chi connectivity index (χ1n) is 11.1. The van der Waals surface area contributed by atoms with Gasteiger partial charge in [-0.05, 0) is 55.7 Å². The monoisotopic (exact) mass is 507 g/mol. The Bertz CT molecular complexity index is 1360. The number of thiophene rings is 1. The fraction of sp³-hybridized carbons (Fsp3) is 0.231. The quantitative estimate of drug-likeness (QED) is 0.229. The van der Waals surface area contributed by atoms with Gasteiger partial charge in [-0.3, -0.25) is 14.5 Å². The highest BCUT2D eigenvalue weighted by molar-refractivity contribution is 8.00. The SMILES string of the molecule is Cc1nc(S[C@H]2CCCCN(C(=O)c3ccc(Cl)cc3)C2=O)c2cc(-c3ccccc3)sc2n1. The van der Waals surface area contributed by atoms with Crippen molar-refractivity contribution in [1.82, 2.24) is 14.9 Å². The summed E-state index contributed by atoms with van der Waals surface area (Å²) in [5, 5.41) is 1.92. The summed E-state index contributed by atoms with van der Waals surface area (Å²) in [4.78, 5) is 39.4. The number of carbonyl (C=O) groups is 2. The number of hydrogen-bond acceptors (Lipinski definition) is 6. The van der Waals surface area contributed by atoms with Gasteiger partial charge in [-0.15, -0.1) is 11.3 Å². The number of aryl methyl sites for hydroxylation is 1. The second-order valence-electron chi connectivity index (χ2n) is 8.18. The minimum atomic E-state index is -0.378. The first-order chi connectivity index (χ1) is 16.5. The van der Waals surface area contributed by atoms with Crippen LogP contribution in [0.15, 0.2) is 65.7 Å². The van der Waals surface area contributed by atoms with E-state index in [2.05, 4.69) is 23.2 Å². The van der Waals surface area contributed by atoms with Gasteiger partial charge in [0, 0.05) is 27.4 Å². The Morgan fingerprint density at radius 3 is 2.62 bits per heavy atom. The first kappa shape index (κ1) is 23.0. The van der Waals surface area contributed by atoms with Gasteiger partial charge in [0.05, 0.1) is 5.25 Å². The van der Waals surface area contributed by atoms with E-state index in [-0.39, 0.29) is 17.1 Å². The molecule has 172 valence electrons. The molecule has 3 heterocycles. The van der Waals surface area contributed by atoms with E-state index in [1.165, 1.54) is 16.7 Å². The van der Waals surface area contributed by atoms with Gasteiger partial charge >= 0.3 is 0 Å². The van der Waals surface area contributed by atoms with E-state index in [4.69, 9.17) is 16.6 Å². The Hall–Kier alpha value is -2.74. The molecule has 0 bridgehead atoms. The van der Waals surface area contributed by atoms with Gasteiger partial charge in [0.15, 0.2) is 0 Å². The third-order valence-electron chi connectivity index (χ3n) is 5.76. The molecule has 1 aliphatic heterocycles. The summed E-state index contributed by atoms with van der Waals surface area (Å²) in [5.74, 6) is 0.233. The van der Waals surface area contributed by atoms with Gasteiger partial charge in [-0.2, -0.15) is 0 Å². The van der Waals surface area contributed by atoms with Gasteiger partial charge in [-0.1, -0.05) is 60.1 Å². The Labute approximate surface area is 211 Å². The Morgan fingerprint density at radius 2 is 1.85 bits per heavy atom. The van der Waals surface area contributed by atoms with Gasteiger partial charge in [0.25, 0.3) is 5.91 Å². The van der Waals surface area contributed by atoms with Crippen LogP contribution in [0.25, 0.3) is 20.7 Å². The maximum Gasteiger partial charge on any atom is 0.260 e. The topological polar surface area (TPSA) is 63.2 Å². The largest absolute Gasteiger partial charge is 0.278 e. The third-order valence-corrected chi connectivity index (χ3v) is 8.34. The number of halogens is 1. The number of nitrogens with zero attached hydrogens (tertiary/aromatic N) is 3. The van der Waals surface area contributed by atoms with Crippen molar-refractivity contribution in [2.45, 2.75) is 36.5 Å². The summed E-state index contributed by atoms with van der Waals surface area (Å²) in [7, 11) is 0. The van der Waals surface area contributed by atoms with Crippen molar-refractivity contribution in [3.63, 3.8) is 0 Å². The number of rotatable bonds is 4. The summed E-state index contributed by atoms with van der Waals surface area (Å²) in [6.07, 6.45) is 2.37. The van der Waals surface area contributed by atoms with E-state index >= 15 is 0 Å². The highest BCUT2D eigenvalue weighted by atomic mass is 35.5. The van der Waals surface area contributed by atoms with Crippen LogP contribution in [0.1, 0.15) is 35.4 Å². The van der Waals surface area contributed by atoms with Crippen molar-refractivity contribution in [2.75, 3.05) is 6.54 Å². The standard InChI is InChI=1S/C26H22ClN3O2S2/c1-16-28-23(20-15-22(34-24(20)29-16)17-7-3-2-4-8-17)33-21-9-5-6-14-30(26(21)32)25(31)18-10-12-19(27)13-11-18/h2-4,7-8,10-13,15,21H,5-6,9,14H2,1H3/t21-/m0/s1. The average molecular weight is 508 g/mol. The van der Waals surface area contributed by atoms with E-state index in [0.717, 1.165) is 38.5 Å². The van der Waals surface area contributed by atoms with Crippen LogP contribution in [0, 0.1) is 6.92 Å². The molecule has 1 fully saturated rings. The lowest BCUT2D eigenvalue weighted by Crippen LogP contribution is -2.41. The lowest BCUT2D eigenvalue weighted by Gasteiger charge is -2.22. The van der Waals surface area contributed by atoms with E-state index in [1.807, 2.05) is 25.1 Å². The molecule has 4 aromatic rings. The molecule has 1 saturated heterocycles. The average Bonchev–Trinajstić information content (AvgIpc) is 3.19. The van der Waals surface area contributed by atoms with Crippen molar-refractivity contribution in [3.8, 4) is 10.4 Å². The van der Waals surface area contributed by atoms with Crippen LogP contribution in [0.4, 0.5) is 0 Å². The van der Waals surface area contributed by atoms with Crippen LogP contribution in [-0.4, -0.2) is 38.5 Å². The van der Waals surface area contributed by atoms with Gasteiger partial charge in [0.2, 0.25) is 5.91 Å². The molecule has 34 heavy (non-hydrogen) atoms. The molecule has 0 saturated carbocycles. The van der Waals surface area contributed by atoms with Gasteiger partial charge < -0.3 is 0 Å². The van der Waals surface area contributed by atoms with E-state index in [1.54, 1.807) is 35.6 Å². The summed E-state index contributed by atoms with van der Waals surface area (Å²) in [5.41, 5.74) is 1.60. The zero-order valence-electron chi connectivity index (χ0n) is 18.5. The number of aromatic nitrogens is 2. The van der Waals surface area contributed by atoms with Crippen LogP contribution in [0.2, 0.25) is 5.02 Å². The molecule has 0 N–H and O–H groups in total. The second-order valence-corrected chi connectivity index (χ2v) is 10.8. The summed E-state index contributed by atoms with van der Waals surface area (Å²) >= 11 is 9.04. The zero-order valence-corrected chi connectivity index (χ0v) is 20.9. The minimum Gasteiger partial charge on any atom is -0.278 e. The highest BCUT2D eigenvalue weighted by Crippen LogP contribution is 2.39. The number of fused-ring (bicyclic) bond motifs is 1. The number of hydrogen-bond donors (Lipinski definition) is 0. The van der Waals surface area contributed by atoms with E-state index in [0.29, 0.717) is 29.4 Å². The number of carbonyl (C=O) groups excluding carboxylic acids is 2. The number of thioether (sulfide) groups is 1. The number of likely N-dealkylation sites (tertiary alicyclic amines) is 1. The smallest absolute Gasteiger partial charge is 0.260 e. The molecule has 0 radical (unpaired) electrons. The lowest BCUT2D eigenvalue weighted by molar-refractivity contribution is -0.127. The molecule has 5 rings (SSSR count). The molecule has 1 aliphatic rings. The summed E-state index contributed by atoms with van der Waals surface area (Å²) in [6.45, 7) is 2.29. The molecule has 2 aromatic heterocycles. The number of benzene rings is 2. The van der Waals surface area contributed by atoms with Crippen LogP contribution < -0.4 is 0 Å². The maximum atomic E-state index is 13.5. The van der Waals surface area contributed by atoms with Crippen LogP contribution in [0.5, 0.6) is 0 Å². The van der Waals surface area contributed by atoms with Crippen molar-refractivity contribution < 1.29 is 9.59 Å².